The number of fused-ring (bicyclic) bond motifs is 14. The highest BCUT2D eigenvalue weighted by Crippen LogP contribution is 2.52. The minimum Gasteiger partial charge on any atom is -0.456 e. The summed E-state index contributed by atoms with van der Waals surface area (Å²) in [5.41, 5.74) is 32.7. The highest BCUT2D eigenvalue weighted by atomic mass is 16.3. The van der Waals surface area contributed by atoms with Crippen molar-refractivity contribution in [3.05, 3.63) is 398 Å². The average Bonchev–Trinajstić information content (AvgIpc) is 1.04. The molecule has 0 aliphatic carbocycles. The van der Waals surface area contributed by atoms with Crippen molar-refractivity contribution in [1.82, 2.24) is 0 Å². The van der Waals surface area contributed by atoms with Crippen molar-refractivity contribution < 1.29 is 17.7 Å². The van der Waals surface area contributed by atoms with Gasteiger partial charge in [0.25, 0.3) is 0 Å². The van der Waals surface area contributed by atoms with Crippen LogP contribution in [-0.2, 0) is 28.1 Å². The standard InChI is InChI=1S/C120H96N2O4/c1-117(2,3)82-64-80(65-83(69-82)118(4,5)6)90-36-22-27-77-29-24-39-99(114(77)90)93-31-13-18-43-106(93)122(89-58-62-111-104(72-89)97-35-16-21-46-109(97)124-111)87-55-50-76(51-56-87)92-38-26-41-101-102-63-74(47-60-112(102)126-116(92)101)73-120(10,11)85-67-81(66-84(70-85)119(7,8)9)91-37-23-28-78-30-25-40-100(115(78)91)94-32-12-17-42-105(94)121(88-57-61-110-103(71-88)96-34-15-20-45-108(96)123-110)86-53-48-75(49-54-86)79-52-59-98-95-33-14-19-44-107(95)125-113(98)68-79/h12-72H,73H2,1-11H3. The van der Waals surface area contributed by atoms with Gasteiger partial charge in [-0.15, -0.1) is 0 Å². The van der Waals surface area contributed by atoms with Gasteiger partial charge in [0, 0.05) is 82.5 Å². The maximum Gasteiger partial charge on any atom is 0.143 e. The molecular formula is C120H96N2O4. The van der Waals surface area contributed by atoms with E-state index in [1.165, 1.54) is 77.2 Å². The van der Waals surface area contributed by atoms with Crippen LogP contribution in [0.2, 0.25) is 0 Å². The Morgan fingerprint density at radius 1 is 0.214 bits per heavy atom. The molecule has 0 saturated carbocycles. The molecule has 4 heterocycles. The average molecular weight is 1630 g/mol. The number of nitrogens with zero attached hydrogens (tertiary/aromatic N) is 2. The van der Waals surface area contributed by atoms with E-state index >= 15 is 0 Å². The molecule has 610 valence electrons. The summed E-state index contributed by atoms with van der Waals surface area (Å²) in [6.45, 7) is 25.8. The van der Waals surface area contributed by atoms with Gasteiger partial charge in [0.2, 0.25) is 0 Å². The Labute approximate surface area is 734 Å². The zero-order chi connectivity index (χ0) is 85.6. The third-order valence-corrected chi connectivity index (χ3v) is 26.3. The minimum absolute atomic E-state index is 0.0494. The maximum absolute atomic E-state index is 7.08. The van der Waals surface area contributed by atoms with Crippen LogP contribution in [0.5, 0.6) is 0 Å². The van der Waals surface area contributed by atoms with Crippen molar-refractivity contribution in [3.8, 4) is 66.8 Å². The second kappa shape index (κ2) is 29.8. The summed E-state index contributed by atoms with van der Waals surface area (Å²) in [5, 5.41) is 13.5. The largest absolute Gasteiger partial charge is 0.456 e. The Bertz CT molecular complexity index is 8060. The molecule has 0 amide bonds. The molecule has 0 unspecified atom stereocenters. The van der Waals surface area contributed by atoms with Crippen LogP contribution in [0.4, 0.5) is 34.1 Å². The molecule has 4 aromatic heterocycles. The molecule has 0 aliphatic heterocycles. The second-order valence-electron chi connectivity index (χ2n) is 38.1. The second-order valence-corrected chi connectivity index (χ2v) is 38.1. The number of hydrogen-bond donors (Lipinski definition) is 0. The molecule has 0 atom stereocenters. The lowest BCUT2D eigenvalue weighted by Crippen LogP contribution is -2.22. The fourth-order valence-corrected chi connectivity index (χ4v) is 19.5. The number of para-hydroxylation sites is 6. The Morgan fingerprint density at radius 3 is 1.08 bits per heavy atom. The first-order chi connectivity index (χ1) is 61.0. The van der Waals surface area contributed by atoms with Crippen LogP contribution >= 0.6 is 0 Å². The van der Waals surface area contributed by atoms with Gasteiger partial charge in [-0.2, -0.15) is 0 Å². The molecule has 22 rings (SSSR count). The van der Waals surface area contributed by atoms with Gasteiger partial charge in [-0.25, -0.2) is 0 Å². The van der Waals surface area contributed by atoms with Crippen molar-refractivity contribution >= 4 is 143 Å². The maximum atomic E-state index is 7.08. The summed E-state index contributed by atoms with van der Waals surface area (Å²) in [7, 11) is 0. The van der Waals surface area contributed by atoms with Gasteiger partial charge in [-0.1, -0.05) is 331 Å². The van der Waals surface area contributed by atoms with E-state index in [4.69, 9.17) is 17.7 Å². The minimum atomic E-state index is -0.312. The van der Waals surface area contributed by atoms with Gasteiger partial charge in [0.1, 0.15) is 44.7 Å². The van der Waals surface area contributed by atoms with E-state index in [-0.39, 0.29) is 21.7 Å². The Balaban J connectivity index is 0.608. The van der Waals surface area contributed by atoms with E-state index in [1.54, 1.807) is 0 Å². The number of benzene rings is 18. The summed E-state index contributed by atoms with van der Waals surface area (Å²) in [5.74, 6) is 0. The molecular weight excluding hydrogens is 1530 g/mol. The van der Waals surface area contributed by atoms with Crippen LogP contribution in [0.3, 0.4) is 0 Å². The van der Waals surface area contributed by atoms with Crippen LogP contribution in [0, 0.1) is 0 Å². The fourth-order valence-electron chi connectivity index (χ4n) is 19.5. The first kappa shape index (κ1) is 77.3. The van der Waals surface area contributed by atoms with Gasteiger partial charge in [0.15, 0.2) is 0 Å². The molecule has 18 aromatic carbocycles. The first-order valence-corrected chi connectivity index (χ1v) is 44.1. The topological polar surface area (TPSA) is 59.0 Å². The molecule has 0 radical (unpaired) electrons. The molecule has 6 nitrogen and oxygen atoms in total. The number of rotatable bonds is 15. The van der Waals surface area contributed by atoms with E-state index in [0.29, 0.717) is 0 Å². The molecule has 0 saturated heterocycles. The highest BCUT2D eigenvalue weighted by molar-refractivity contribution is 6.15. The summed E-state index contributed by atoms with van der Waals surface area (Å²) in [6, 6.07) is 136. The molecule has 0 bridgehead atoms. The van der Waals surface area contributed by atoms with Crippen molar-refractivity contribution in [3.63, 3.8) is 0 Å². The van der Waals surface area contributed by atoms with Crippen LogP contribution in [0.15, 0.2) is 388 Å². The third kappa shape index (κ3) is 13.6. The third-order valence-electron chi connectivity index (χ3n) is 26.3. The summed E-state index contributed by atoms with van der Waals surface area (Å²) in [4.78, 5) is 4.85. The molecule has 0 aliphatic rings. The first-order valence-electron chi connectivity index (χ1n) is 44.1. The lowest BCUT2D eigenvalue weighted by atomic mass is 9.75. The van der Waals surface area contributed by atoms with E-state index < -0.39 is 0 Å². The summed E-state index contributed by atoms with van der Waals surface area (Å²) in [6.07, 6.45) is 0.792. The molecule has 0 fully saturated rings. The van der Waals surface area contributed by atoms with Gasteiger partial charge >= 0.3 is 0 Å². The van der Waals surface area contributed by atoms with Crippen molar-refractivity contribution in [2.24, 2.45) is 0 Å². The molecule has 22 aromatic rings. The lowest BCUT2D eigenvalue weighted by molar-refractivity contribution is 0.517. The molecule has 6 heteroatoms. The Morgan fingerprint density at radius 2 is 0.571 bits per heavy atom. The summed E-state index contributed by atoms with van der Waals surface area (Å²) < 4.78 is 26.5. The van der Waals surface area contributed by atoms with Crippen molar-refractivity contribution in [1.29, 1.82) is 0 Å². The Kier molecular flexibility index (Phi) is 18.3. The van der Waals surface area contributed by atoms with Crippen LogP contribution < -0.4 is 9.80 Å². The predicted octanol–water partition coefficient (Wildman–Crippen LogP) is 34.9. The number of hydrogen-bond acceptors (Lipinski definition) is 6. The smallest absolute Gasteiger partial charge is 0.143 e. The quantitative estimate of drug-likeness (QED) is 0.102. The van der Waals surface area contributed by atoms with Crippen molar-refractivity contribution in [2.45, 2.75) is 104 Å². The molecule has 0 N–H and O–H groups in total. The summed E-state index contributed by atoms with van der Waals surface area (Å²) >= 11 is 0. The van der Waals surface area contributed by atoms with Gasteiger partial charge in [0.05, 0.1) is 11.4 Å². The predicted molar refractivity (Wildman–Crippen MR) is 532 cm³/mol. The van der Waals surface area contributed by atoms with E-state index in [9.17, 15) is 0 Å². The normalized spacial score (nSPS) is 12.4. The fraction of sp³-hybridized carbons (Fsp3) is 0.133. The lowest BCUT2D eigenvalue weighted by Gasteiger charge is -2.30. The number of anilines is 6. The van der Waals surface area contributed by atoms with Crippen LogP contribution in [-0.4, -0.2) is 0 Å². The van der Waals surface area contributed by atoms with Crippen LogP contribution in [0.1, 0.15) is 104 Å². The number of furan rings is 4. The molecule has 126 heavy (non-hydrogen) atoms. The molecule has 0 spiro atoms. The van der Waals surface area contributed by atoms with Crippen molar-refractivity contribution in [2.75, 3.05) is 9.80 Å². The zero-order valence-electron chi connectivity index (χ0n) is 73.0. The monoisotopic (exact) mass is 1630 g/mol. The Hall–Kier alpha value is -14.7. The highest BCUT2D eigenvalue weighted by Gasteiger charge is 2.31. The van der Waals surface area contributed by atoms with E-state index in [0.717, 1.165) is 167 Å². The zero-order valence-corrected chi connectivity index (χ0v) is 73.0. The van der Waals surface area contributed by atoms with Gasteiger partial charge < -0.3 is 27.5 Å². The van der Waals surface area contributed by atoms with Crippen LogP contribution in [0.25, 0.3) is 176 Å². The SMILES string of the molecule is CC(C)(C)c1cc(-c2cccc3cccc(-c4ccccc4N(c4ccc(-c5cccc6c5oc5ccc(CC(C)(C)c7cc(-c8cccc9cccc(-c%10ccccc%10N(c%10ccc(-c%11ccc%12c(c%11)oc%11ccccc%11%12)cc%10)c%10ccc%11oc%12ccccc%12c%11c%10)c89)cc(C(C)(C)C)c7)cc56)cc4)c4ccc5oc6ccccc6c5c4)c23)cc(C(C)(C)C)c1. The van der Waals surface area contributed by atoms with E-state index in [1.807, 2.05) is 24.3 Å². The van der Waals surface area contributed by atoms with Gasteiger partial charge in [-0.05, 0) is 243 Å². The van der Waals surface area contributed by atoms with E-state index in [2.05, 4.69) is 432 Å². The van der Waals surface area contributed by atoms with Gasteiger partial charge in [-0.3, -0.25) is 0 Å².